The highest BCUT2D eigenvalue weighted by Crippen LogP contribution is 2.46. The molecular weight excluding hydrogens is 585 g/mol. The van der Waals surface area contributed by atoms with E-state index in [2.05, 4.69) is 0 Å². The Kier molecular flexibility index (Phi) is 4.41. The molecule has 0 saturated carbocycles. The molecule has 2 heterocycles. The summed E-state index contributed by atoms with van der Waals surface area (Å²) in [5.41, 5.74) is 6.40. The molecule has 0 amide bonds. The van der Waals surface area contributed by atoms with Crippen LogP contribution >= 0.6 is 0 Å². The van der Waals surface area contributed by atoms with Crippen molar-refractivity contribution in [2.75, 3.05) is 0 Å². The molecule has 0 aliphatic carbocycles. The fraction of sp³-hybridized carbons (Fsp3) is 0. The van der Waals surface area contributed by atoms with Crippen molar-refractivity contribution in [3.63, 3.8) is 0 Å². The van der Waals surface area contributed by atoms with E-state index < -0.39 is 24.2 Å². The van der Waals surface area contributed by atoms with Crippen LogP contribution in [0.3, 0.4) is 0 Å². The highest BCUT2D eigenvalue weighted by atomic mass is 16.3. The van der Waals surface area contributed by atoms with E-state index in [-0.39, 0.29) is 45.7 Å². The van der Waals surface area contributed by atoms with Gasteiger partial charge >= 0.3 is 0 Å². The Morgan fingerprint density at radius 1 is 0.333 bits per heavy atom. The fourth-order valence-electron chi connectivity index (χ4n) is 7.00. The number of fused-ring (bicyclic) bond motifs is 6. The molecule has 2 aromatic heterocycles. The van der Waals surface area contributed by atoms with Gasteiger partial charge in [0.25, 0.3) is 0 Å². The predicted molar refractivity (Wildman–Crippen MR) is 200 cm³/mol. The Hall–Kier alpha value is -6.38. The van der Waals surface area contributed by atoms with Crippen molar-refractivity contribution in [3.05, 3.63) is 170 Å². The topological polar surface area (TPSA) is 26.3 Å². The number of rotatable bonds is 4. The molecule has 0 atom stereocenters. The lowest BCUT2D eigenvalue weighted by molar-refractivity contribution is 0.632. The minimum atomic E-state index is -0.436. The second kappa shape index (κ2) is 10.6. The molecular formula is C46H28O2. The zero-order valence-electron chi connectivity index (χ0n) is 33.4. The zero-order valence-corrected chi connectivity index (χ0v) is 25.4. The molecule has 0 aliphatic rings. The Morgan fingerprint density at radius 2 is 0.792 bits per heavy atom. The average Bonchev–Trinajstić information content (AvgIpc) is 3.79. The van der Waals surface area contributed by atoms with E-state index in [0.29, 0.717) is 33.6 Å². The Balaban J connectivity index is 1.29. The lowest BCUT2D eigenvalue weighted by atomic mass is 9.85. The molecule has 0 fully saturated rings. The molecule has 10 rings (SSSR count). The van der Waals surface area contributed by atoms with E-state index in [1.807, 2.05) is 97.1 Å². The third-order valence-corrected chi connectivity index (χ3v) is 9.12. The van der Waals surface area contributed by atoms with Crippen molar-refractivity contribution in [2.45, 2.75) is 0 Å². The third-order valence-electron chi connectivity index (χ3n) is 9.12. The van der Waals surface area contributed by atoms with Crippen LogP contribution in [0.2, 0.25) is 0 Å². The maximum Gasteiger partial charge on any atom is 0.143 e. The summed E-state index contributed by atoms with van der Waals surface area (Å²) in [6, 6.07) is 35.3. The van der Waals surface area contributed by atoms with E-state index >= 15 is 0 Å². The first-order valence-electron chi connectivity index (χ1n) is 19.7. The lowest BCUT2D eigenvalue weighted by Gasteiger charge is -2.18. The first-order chi connectivity index (χ1) is 27.1. The van der Waals surface area contributed by atoms with Crippen molar-refractivity contribution in [1.29, 1.82) is 0 Å². The molecule has 0 N–H and O–H groups in total. The van der Waals surface area contributed by atoms with Crippen molar-refractivity contribution in [2.24, 2.45) is 0 Å². The second-order valence-electron chi connectivity index (χ2n) is 11.8. The van der Waals surface area contributed by atoms with E-state index in [1.54, 1.807) is 24.3 Å². The van der Waals surface area contributed by atoms with Crippen molar-refractivity contribution < 1.29 is 19.8 Å². The number of benzene rings is 8. The van der Waals surface area contributed by atoms with Crippen LogP contribution in [0.5, 0.6) is 0 Å². The normalized spacial score (nSPS) is 14.1. The summed E-state index contributed by atoms with van der Waals surface area (Å²) in [5, 5.41) is 3.48. The molecule has 0 bridgehead atoms. The smallest absolute Gasteiger partial charge is 0.143 e. The van der Waals surface area contributed by atoms with Crippen molar-refractivity contribution in [1.82, 2.24) is 0 Å². The van der Waals surface area contributed by atoms with E-state index in [1.165, 1.54) is 0 Å². The van der Waals surface area contributed by atoms with Gasteiger partial charge in [-0.1, -0.05) is 151 Å². The van der Waals surface area contributed by atoms with Gasteiger partial charge < -0.3 is 8.83 Å². The van der Waals surface area contributed by atoms with Crippen LogP contribution < -0.4 is 0 Å². The SMILES string of the molecule is [2H]c1c([2H])c([2H])c2c(-c3ccc(-c4c(-c5ccccc5)oc5cc6c(cc45)oc4ccccc46)cc3)c3c([2H])c([2H])c([2H])c([2H])c3c(-c3ccccc3)c2c1[2H]. The number of hydrogen-bond acceptors (Lipinski definition) is 2. The van der Waals surface area contributed by atoms with Gasteiger partial charge in [0.15, 0.2) is 0 Å². The monoisotopic (exact) mass is 620 g/mol. The predicted octanol–water partition coefficient (Wildman–Crippen LogP) is 13.3. The molecule has 0 saturated heterocycles. The van der Waals surface area contributed by atoms with Crippen LogP contribution in [0, 0.1) is 0 Å². The standard InChI is InChI=1S/C46H28O2/c1-3-13-29(14-4-1)43-34-18-7-9-20-36(34)44(37-21-10-8-19-35(37)43)30-23-25-31(26-24-30)45-39-28-41-38(33-17-11-12-22-40(33)47-41)27-42(39)48-46(45)32-15-5-2-6-16-32/h1-28H/i7D,8D,9D,10D,18D,19D,20D,21D. The Labute approximate surface area is 288 Å². The highest BCUT2D eigenvalue weighted by Gasteiger charge is 2.21. The third kappa shape index (κ3) is 4.06. The van der Waals surface area contributed by atoms with Crippen LogP contribution in [0.25, 0.3) is 99.2 Å². The van der Waals surface area contributed by atoms with Gasteiger partial charge in [0.2, 0.25) is 0 Å². The fourth-order valence-corrected chi connectivity index (χ4v) is 7.00. The molecule has 0 unspecified atom stereocenters. The van der Waals surface area contributed by atoms with Crippen molar-refractivity contribution >= 4 is 54.5 Å². The summed E-state index contributed by atoms with van der Waals surface area (Å²) in [4.78, 5) is 0. The summed E-state index contributed by atoms with van der Waals surface area (Å²) >= 11 is 0. The van der Waals surface area contributed by atoms with Gasteiger partial charge in [0.05, 0.1) is 11.0 Å². The van der Waals surface area contributed by atoms with E-state index in [9.17, 15) is 5.48 Å². The lowest BCUT2D eigenvalue weighted by Crippen LogP contribution is -1.90. The minimum Gasteiger partial charge on any atom is -0.456 e. The minimum absolute atomic E-state index is 0.172. The van der Waals surface area contributed by atoms with Gasteiger partial charge in [0, 0.05) is 27.3 Å². The Morgan fingerprint density at radius 3 is 1.40 bits per heavy atom. The quantitative estimate of drug-likeness (QED) is 0.183. The van der Waals surface area contributed by atoms with Crippen LogP contribution in [-0.4, -0.2) is 0 Å². The molecule has 0 spiro atoms. The van der Waals surface area contributed by atoms with Crippen LogP contribution in [0.15, 0.2) is 179 Å². The van der Waals surface area contributed by atoms with Crippen LogP contribution in [0.1, 0.15) is 11.0 Å². The van der Waals surface area contributed by atoms with Gasteiger partial charge in [-0.15, -0.1) is 0 Å². The van der Waals surface area contributed by atoms with Gasteiger partial charge in [0.1, 0.15) is 22.5 Å². The summed E-state index contributed by atoms with van der Waals surface area (Å²) in [6.45, 7) is 0. The number of furan rings is 2. The molecule has 0 aliphatic heterocycles. The van der Waals surface area contributed by atoms with Crippen LogP contribution in [-0.2, 0) is 0 Å². The molecule has 0 radical (unpaired) electrons. The first-order valence-corrected chi connectivity index (χ1v) is 15.7. The maximum atomic E-state index is 9.24. The van der Waals surface area contributed by atoms with E-state index in [0.717, 1.165) is 44.0 Å². The largest absolute Gasteiger partial charge is 0.456 e. The van der Waals surface area contributed by atoms with Gasteiger partial charge in [-0.25, -0.2) is 0 Å². The summed E-state index contributed by atoms with van der Waals surface area (Å²) in [7, 11) is 0. The van der Waals surface area contributed by atoms with Gasteiger partial charge in [-0.3, -0.25) is 0 Å². The Bertz CT molecular complexity index is 3180. The number of para-hydroxylation sites is 1. The summed E-state index contributed by atoms with van der Waals surface area (Å²) in [6.07, 6.45) is 0. The first kappa shape index (κ1) is 20.0. The molecule has 8 aromatic carbocycles. The maximum absolute atomic E-state index is 9.24. The van der Waals surface area contributed by atoms with Crippen molar-refractivity contribution in [3.8, 4) is 44.7 Å². The molecule has 2 heteroatoms. The average molecular weight is 621 g/mol. The van der Waals surface area contributed by atoms with Gasteiger partial charge in [-0.2, -0.15) is 0 Å². The highest BCUT2D eigenvalue weighted by molar-refractivity contribution is 6.21. The second-order valence-corrected chi connectivity index (χ2v) is 11.8. The van der Waals surface area contributed by atoms with Crippen LogP contribution in [0.4, 0.5) is 0 Å². The zero-order chi connectivity index (χ0) is 38.6. The molecule has 2 nitrogen and oxygen atoms in total. The molecule has 48 heavy (non-hydrogen) atoms. The van der Waals surface area contributed by atoms with E-state index in [4.69, 9.17) is 14.3 Å². The number of hydrogen-bond donors (Lipinski definition) is 0. The summed E-state index contributed by atoms with van der Waals surface area (Å²) < 4.78 is 84.5. The van der Waals surface area contributed by atoms with Gasteiger partial charge in [-0.05, 0) is 67.6 Å². The molecule has 224 valence electrons. The summed E-state index contributed by atoms with van der Waals surface area (Å²) in [5.74, 6) is 0.664. The molecule has 10 aromatic rings.